The van der Waals surface area contributed by atoms with Gasteiger partial charge in [0.25, 0.3) is 0 Å². The van der Waals surface area contributed by atoms with Crippen molar-refractivity contribution < 1.29 is 8.78 Å². The van der Waals surface area contributed by atoms with Crippen LogP contribution in [0.15, 0.2) is 42.5 Å². The molecule has 0 saturated carbocycles. The second-order valence-electron chi connectivity index (χ2n) is 4.07. The number of hydrogen-bond donors (Lipinski definition) is 2. The van der Waals surface area contributed by atoms with E-state index in [9.17, 15) is 8.78 Å². The van der Waals surface area contributed by atoms with Crippen LogP contribution in [-0.4, -0.2) is 5.11 Å². The van der Waals surface area contributed by atoms with Crippen LogP contribution < -0.4 is 10.6 Å². The van der Waals surface area contributed by atoms with E-state index in [1.165, 1.54) is 12.1 Å². The molecule has 0 radical (unpaired) electrons. The summed E-state index contributed by atoms with van der Waals surface area (Å²) in [6.45, 7) is 1.98. The Hall–Kier alpha value is -2.01. The van der Waals surface area contributed by atoms with Crippen molar-refractivity contribution in [1.29, 1.82) is 0 Å². The molecule has 0 spiro atoms. The Morgan fingerprint density at radius 3 is 2.32 bits per heavy atom. The molecular weight excluding hydrogens is 266 g/mol. The fourth-order valence-corrected chi connectivity index (χ4v) is 1.74. The van der Waals surface area contributed by atoms with E-state index in [-0.39, 0.29) is 10.8 Å². The second-order valence-corrected chi connectivity index (χ2v) is 4.48. The first-order chi connectivity index (χ1) is 9.04. The molecule has 0 aliphatic carbocycles. The lowest BCUT2D eigenvalue weighted by molar-refractivity contribution is 0.586. The number of hydrogen-bond acceptors (Lipinski definition) is 1. The molecule has 0 aliphatic heterocycles. The van der Waals surface area contributed by atoms with Crippen LogP contribution in [0.4, 0.5) is 20.2 Å². The van der Waals surface area contributed by atoms with Gasteiger partial charge in [-0.15, -0.1) is 0 Å². The molecule has 19 heavy (non-hydrogen) atoms. The minimum Gasteiger partial charge on any atom is -0.332 e. The molecule has 2 N–H and O–H groups in total. The normalized spacial score (nSPS) is 10.1. The van der Waals surface area contributed by atoms with Crippen molar-refractivity contribution in [3.8, 4) is 0 Å². The van der Waals surface area contributed by atoms with Gasteiger partial charge >= 0.3 is 0 Å². The van der Waals surface area contributed by atoms with E-state index in [0.29, 0.717) is 0 Å². The molecule has 0 unspecified atom stereocenters. The van der Waals surface area contributed by atoms with Crippen LogP contribution in [-0.2, 0) is 0 Å². The monoisotopic (exact) mass is 278 g/mol. The van der Waals surface area contributed by atoms with Crippen LogP contribution in [0.25, 0.3) is 0 Å². The van der Waals surface area contributed by atoms with Gasteiger partial charge in [0.05, 0.1) is 5.69 Å². The van der Waals surface area contributed by atoms with Crippen LogP contribution >= 0.6 is 12.2 Å². The van der Waals surface area contributed by atoms with Crippen molar-refractivity contribution in [3.05, 3.63) is 59.7 Å². The van der Waals surface area contributed by atoms with Crippen molar-refractivity contribution in [2.75, 3.05) is 10.6 Å². The van der Waals surface area contributed by atoms with Crippen molar-refractivity contribution in [2.45, 2.75) is 6.92 Å². The molecule has 2 nitrogen and oxygen atoms in total. The summed E-state index contributed by atoms with van der Waals surface area (Å²) in [5.41, 5.74) is 2.06. The van der Waals surface area contributed by atoms with Crippen molar-refractivity contribution in [2.24, 2.45) is 0 Å². The average Bonchev–Trinajstić information content (AvgIpc) is 2.36. The third kappa shape index (κ3) is 3.72. The Bertz CT molecular complexity index is 597. The lowest BCUT2D eigenvalue weighted by Crippen LogP contribution is -2.19. The van der Waals surface area contributed by atoms with Gasteiger partial charge in [0.15, 0.2) is 5.11 Å². The van der Waals surface area contributed by atoms with Gasteiger partial charge in [-0.3, -0.25) is 0 Å². The first kappa shape index (κ1) is 13.4. The van der Waals surface area contributed by atoms with Crippen LogP contribution in [0.1, 0.15) is 5.56 Å². The maximum atomic E-state index is 13.4. The van der Waals surface area contributed by atoms with Crippen molar-refractivity contribution in [1.82, 2.24) is 0 Å². The summed E-state index contributed by atoms with van der Waals surface area (Å²) in [5.74, 6) is -1.31. The third-order valence-corrected chi connectivity index (χ3v) is 2.69. The molecule has 2 rings (SSSR count). The molecule has 0 bridgehead atoms. The van der Waals surface area contributed by atoms with Gasteiger partial charge in [-0.05, 0) is 43.4 Å². The maximum absolute atomic E-state index is 13.4. The molecule has 0 fully saturated rings. The highest BCUT2D eigenvalue weighted by atomic mass is 32.1. The number of nitrogens with one attached hydrogen (secondary N) is 2. The zero-order valence-electron chi connectivity index (χ0n) is 10.2. The molecule has 0 atom stereocenters. The summed E-state index contributed by atoms with van der Waals surface area (Å²) in [5, 5.41) is 5.84. The molecule has 98 valence electrons. The van der Waals surface area contributed by atoms with E-state index >= 15 is 0 Å². The highest BCUT2D eigenvalue weighted by Gasteiger charge is 2.05. The zero-order chi connectivity index (χ0) is 13.8. The largest absolute Gasteiger partial charge is 0.332 e. The Labute approximate surface area is 115 Å². The van der Waals surface area contributed by atoms with Crippen molar-refractivity contribution in [3.63, 3.8) is 0 Å². The van der Waals surface area contributed by atoms with E-state index in [2.05, 4.69) is 10.6 Å². The van der Waals surface area contributed by atoms with Gasteiger partial charge in [0.2, 0.25) is 0 Å². The van der Waals surface area contributed by atoms with Gasteiger partial charge < -0.3 is 10.6 Å². The average molecular weight is 278 g/mol. The number of rotatable bonds is 2. The van der Waals surface area contributed by atoms with Gasteiger partial charge in [-0.1, -0.05) is 17.7 Å². The third-order valence-electron chi connectivity index (χ3n) is 2.49. The molecule has 5 heteroatoms. The van der Waals surface area contributed by atoms with Crippen LogP contribution in [0.3, 0.4) is 0 Å². The number of halogens is 2. The molecular formula is C14H12F2N2S. The van der Waals surface area contributed by atoms with Gasteiger partial charge in [-0.25, -0.2) is 8.78 Å². The van der Waals surface area contributed by atoms with Gasteiger partial charge in [0, 0.05) is 11.8 Å². The first-order valence-electron chi connectivity index (χ1n) is 5.64. The number of benzene rings is 2. The molecule has 0 amide bonds. The van der Waals surface area contributed by atoms with E-state index in [4.69, 9.17) is 12.2 Å². The standard InChI is InChI=1S/C14H12F2N2S/c1-9-2-5-11(6-3-9)17-14(19)18-13-7-4-10(15)8-12(13)16/h2-8H,1H3,(H2,17,18,19). The van der Waals surface area contributed by atoms with Crippen LogP contribution in [0, 0.1) is 18.6 Å². The molecule has 0 heterocycles. The summed E-state index contributed by atoms with van der Waals surface area (Å²) in [6.07, 6.45) is 0. The summed E-state index contributed by atoms with van der Waals surface area (Å²) in [4.78, 5) is 0. The highest BCUT2D eigenvalue weighted by Crippen LogP contribution is 2.16. The highest BCUT2D eigenvalue weighted by molar-refractivity contribution is 7.80. The maximum Gasteiger partial charge on any atom is 0.175 e. The lowest BCUT2D eigenvalue weighted by atomic mass is 10.2. The van der Waals surface area contributed by atoms with E-state index in [1.54, 1.807) is 0 Å². The minimum absolute atomic E-state index is 0.131. The Morgan fingerprint density at radius 2 is 1.68 bits per heavy atom. The zero-order valence-corrected chi connectivity index (χ0v) is 11.0. The number of aryl methyl sites for hydroxylation is 1. The predicted octanol–water partition coefficient (Wildman–Crippen LogP) is 4.08. The van der Waals surface area contributed by atoms with Gasteiger partial charge in [-0.2, -0.15) is 0 Å². The molecule has 2 aromatic rings. The fraction of sp³-hybridized carbons (Fsp3) is 0.0714. The van der Waals surface area contributed by atoms with Crippen LogP contribution in [0.2, 0.25) is 0 Å². The Morgan fingerprint density at radius 1 is 1.00 bits per heavy atom. The second kappa shape index (κ2) is 5.75. The summed E-state index contributed by atoms with van der Waals surface area (Å²) in [6, 6.07) is 10.9. The van der Waals surface area contributed by atoms with Crippen LogP contribution in [0.5, 0.6) is 0 Å². The number of anilines is 2. The lowest BCUT2D eigenvalue weighted by Gasteiger charge is -2.11. The smallest absolute Gasteiger partial charge is 0.175 e. The topological polar surface area (TPSA) is 24.1 Å². The SMILES string of the molecule is Cc1ccc(NC(=S)Nc2ccc(F)cc2F)cc1. The quantitative estimate of drug-likeness (QED) is 0.809. The van der Waals surface area contributed by atoms with Crippen molar-refractivity contribution >= 4 is 28.7 Å². The van der Waals surface area contributed by atoms with E-state index in [0.717, 1.165) is 17.3 Å². The number of thiocarbonyl (C=S) groups is 1. The summed E-state index contributed by atoms with van der Waals surface area (Å²) >= 11 is 5.06. The van der Waals surface area contributed by atoms with E-state index < -0.39 is 11.6 Å². The van der Waals surface area contributed by atoms with Gasteiger partial charge in [0.1, 0.15) is 11.6 Å². The Balaban J connectivity index is 2.03. The first-order valence-corrected chi connectivity index (χ1v) is 6.05. The minimum atomic E-state index is -0.687. The predicted molar refractivity (Wildman–Crippen MR) is 77.4 cm³/mol. The summed E-state index contributed by atoms with van der Waals surface area (Å²) in [7, 11) is 0. The summed E-state index contributed by atoms with van der Waals surface area (Å²) < 4.78 is 26.2. The fourth-order valence-electron chi connectivity index (χ4n) is 1.51. The molecule has 0 aliphatic rings. The van der Waals surface area contributed by atoms with E-state index in [1.807, 2.05) is 31.2 Å². The molecule has 0 saturated heterocycles. The Kier molecular flexibility index (Phi) is 4.06. The molecule has 2 aromatic carbocycles. The molecule has 0 aromatic heterocycles.